The van der Waals surface area contributed by atoms with Crippen molar-refractivity contribution in [3.63, 3.8) is 0 Å². The van der Waals surface area contributed by atoms with Crippen LogP contribution in [-0.2, 0) is 11.3 Å². The first-order valence-electron chi connectivity index (χ1n) is 5.13. The lowest BCUT2D eigenvalue weighted by Crippen LogP contribution is -2.11. The number of hydrogen-bond acceptors (Lipinski definition) is 4. The predicted octanol–water partition coefficient (Wildman–Crippen LogP) is 2.18. The molecule has 1 atom stereocenters. The minimum absolute atomic E-state index is 0. The molecule has 0 aliphatic carbocycles. The minimum Gasteiger partial charge on any atom is -0.381 e. The summed E-state index contributed by atoms with van der Waals surface area (Å²) in [5.74, 6) is 0.543. The second kappa shape index (κ2) is 6.43. The third-order valence-electron chi connectivity index (χ3n) is 2.44. The summed E-state index contributed by atoms with van der Waals surface area (Å²) < 4.78 is 5.35. The smallest absolute Gasteiger partial charge is 0.107 e. The van der Waals surface area contributed by atoms with Crippen LogP contribution in [0, 0.1) is 0 Å². The predicted molar refractivity (Wildman–Crippen MR) is 64.9 cm³/mol. The number of nitrogens with zero attached hydrogens (tertiary/aromatic N) is 1. The molecule has 1 aromatic rings. The van der Waals surface area contributed by atoms with Crippen LogP contribution in [0.1, 0.15) is 30.0 Å². The highest BCUT2D eigenvalue weighted by atomic mass is 35.5. The molecular formula is C10H17ClN2OS. The quantitative estimate of drug-likeness (QED) is 0.887. The third kappa shape index (κ3) is 3.41. The highest BCUT2D eigenvalue weighted by Gasteiger charge is 2.20. The van der Waals surface area contributed by atoms with E-state index >= 15 is 0 Å². The van der Waals surface area contributed by atoms with Gasteiger partial charge in [-0.1, -0.05) is 6.92 Å². The van der Waals surface area contributed by atoms with Gasteiger partial charge in [0.15, 0.2) is 0 Å². The molecule has 1 aromatic heterocycles. The first kappa shape index (κ1) is 12.9. The number of ether oxygens (including phenoxy) is 1. The van der Waals surface area contributed by atoms with E-state index < -0.39 is 0 Å². The van der Waals surface area contributed by atoms with E-state index in [0.29, 0.717) is 5.92 Å². The maximum Gasteiger partial charge on any atom is 0.107 e. The van der Waals surface area contributed by atoms with Crippen molar-refractivity contribution in [1.82, 2.24) is 10.3 Å². The molecule has 86 valence electrons. The fourth-order valence-corrected chi connectivity index (χ4v) is 2.44. The van der Waals surface area contributed by atoms with Gasteiger partial charge in [0.05, 0.1) is 12.3 Å². The van der Waals surface area contributed by atoms with Gasteiger partial charge in [0.1, 0.15) is 5.01 Å². The van der Waals surface area contributed by atoms with Gasteiger partial charge in [-0.25, -0.2) is 4.98 Å². The monoisotopic (exact) mass is 248 g/mol. The standard InChI is InChI=1S/C10H16N2OS.ClH/c1-2-11-5-10-12-9(7-14-10)8-3-4-13-6-8;/h7-8,11H,2-6H2,1H3;1H. The molecule has 3 nitrogen and oxygen atoms in total. The molecule has 2 heterocycles. The van der Waals surface area contributed by atoms with Crippen LogP contribution in [0.4, 0.5) is 0 Å². The highest BCUT2D eigenvalue weighted by molar-refractivity contribution is 7.09. The number of thiazole rings is 1. The number of nitrogens with one attached hydrogen (secondary N) is 1. The Kier molecular flexibility index (Phi) is 5.53. The van der Waals surface area contributed by atoms with Crippen LogP contribution < -0.4 is 5.32 Å². The molecule has 15 heavy (non-hydrogen) atoms. The molecule has 0 radical (unpaired) electrons. The largest absolute Gasteiger partial charge is 0.381 e. The molecule has 0 amide bonds. The summed E-state index contributed by atoms with van der Waals surface area (Å²) in [6, 6.07) is 0. The molecule has 1 unspecified atom stereocenters. The molecule has 0 bridgehead atoms. The van der Waals surface area contributed by atoms with Gasteiger partial charge in [-0.15, -0.1) is 23.7 Å². The first-order chi connectivity index (χ1) is 6.90. The van der Waals surface area contributed by atoms with Crippen molar-refractivity contribution in [1.29, 1.82) is 0 Å². The molecule has 1 aliphatic rings. The van der Waals surface area contributed by atoms with Gasteiger partial charge in [0.25, 0.3) is 0 Å². The molecular weight excluding hydrogens is 232 g/mol. The van der Waals surface area contributed by atoms with Crippen LogP contribution in [-0.4, -0.2) is 24.7 Å². The summed E-state index contributed by atoms with van der Waals surface area (Å²) in [7, 11) is 0. The van der Waals surface area contributed by atoms with E-state index in [4.69, 9.17) is 4.74 Å². The lowest BCUT2D eigenvalue weighted by atomic mass is 10.1. The molecule has 1 N–H and O–H groups in total. The number of hydrogen-bond donors (Lipinski definition) is 1. The topological polar surface area (TPSA) is 34.2 Å². The van der Waals surface area contributed by atoms with E-state index in [1.165, 1.54) is 10.7 Å². The van der Waals surface area contributed by atoms with Gasteiger partial charge in [0.2, 0.25) is 0 Å². The number of rotatable bonds is 4. The first-order valence-corrected chi connectivity index (χ1v) is 6.01. The molecule has 1 aliphatic heterocycles. The van der Waals surface area contributed by atoms with E-state index in [9.17, 15) is 0 Å². The average molecular weight is 249 g/mol. The van der Waals surface area contributed by atoms with E-state index in [0.717, 1.165) is 32.7 Å². The van der Waals surface area contributed by atoms with Crippen molar-refractivity contribution in [2.45, 2.75) is 25.8 Å². The Morgan fingerprint density at radius 2 is 2.53 bits per heavy atom. The van der Waals surface area contributed by atoms with Crippen molar-refractivity contribution in [2.75, 3.05) is 19.8 Å². The van der Waals surface area contributed by atoms with Gasteiger partial charge in [-0.05, 0) is 13.0 Å². The van der Waals surface area contributed by atoms with Gasteiger partial charge >= 0.3 is 0 Å². The summed E-state index contributed by atoms with van der Waals surface area (Å²) in [6.07, 6.45) is 1.13. The summed E-state index contributed by atoms with van der Waals surface area (Å²) >= 11 is 1.75. The Morgan fingerprint density at radius 3 is 3.20 bits per heavy atom. The van der Waals surface area contributed by atoms with E-state index in [2.05, 4.69) is 22.6 Å². The fourth-order valence-electron chi connectivity index (χ4n) is 1.59. The van der Waals surface area contributed by atoms with E-state index in [1.54, 1.807) is 11.3 Å². The number of aromatic nitrogens is 1. The third-order valence-corrected chi connectivity index (χ3v) is 3.31. The van der Waals surface area contributed by atoms with Crippen molar-refractivity contribution in [3.05, 3.63) is 16.1 Å². The maximum absolute atomic E-state index is 5.35. The van der Waals surface area contributed by atoms with Crippen LogP contribution in [0.2, 0.25) is 0 Å². The summed E-state index contributed by atoms with van der Waals surface area (Å²) in [5, 5.41) is 6.65. The normalized spacial score (nSPS) is 20.2. The molecule has 0 aromatic carbocycles. The van der Waals surface area contributed by atoms with Crippen molar-refractivity contribution in [2.24, 2.45) is 0 Å². The summed E-state index contributed by atoms with van der Waals surface area (Å²) in [4.78, 5) is 4.61. The Bertz CT molecular complexity index is 287. The maximum atomic E-state index is 5.35. The molecule has 2 rings (SSSR count). The summed E-state index contributed by atoms with van der Waals surface area (Å²) in [5.41, 5.74) is 1.22. The van der Waals surface area contributed by atoms with Gasteiger partial charge < -0.3 is 10.1 Å². The zero-order chi connectivity index (χ0) is 9.80. The zero-order valence-electron chi connectivity index (χ0n) is 8.86. The average Bonchev–Trinajstić information content (AvgIpc) is 2.85. The highest BCUT2D eigenvalue weighted by Crippen LogP contribution is 2.26. The Balaban J connectivity index is 0.00000112. The fraction of sp³-hybridized carbons (Fsp3) is 0.700. The molecule has 1 saturated heterocycles. The van der Waals surface area contributed by atoms with Crippen LogP contribution in [0.3, 0.4) is 0 Å². The Labute approximate surface area is 101 Å². The Hall–Kier alpha value is -0.160. The van der Waals surface area contributed by atoms with Crippen LogP contribution >= 0.6 is 23.7 Å². The second-order valence-electron chi connectivity index (χ2n) is 3.51. The molecule has 0 saturated carbocycles. The van der Waals surface area contributed by atoms with Crippen LogP contribution in [0.5, 0.6) is 0 Å². The zero-order valence-corrected chi connectivity index (χ0v) is 10.5. The minimum atomic E-state index is 0. The Morgan fingerprint density at radius 1 is 1.67 bits per heavy atom. The second-order valence-corrected chi connectivity index (χ2v) is 4.45. The lowest BCUT2D eigenvalue weighted by molar-refractivity contribution is 0.193. The van der Waals surface area contributed by atoms with Crippen molar-refractivity contribution >= 4 is 23.7 Å². The molecule has 5 heteroatoms. The van der Waals surface area contributed by atoms with Gasteiger partial charge in [-0.2, -0.15) is 0 Å². The summed E-state index contributed by atoms with van der Waals surface area (Å²) in [6.45, 7) is 5.75. The van der Waals surface area contributed by atoms with Crippen LogP contribution in [0.25, 0.3) is 0 Å². The SMILES string of the molecule is CCNCc1nc(C2CCOC2)cs1.Cl. The lowest BCUT2D eigenvalue weighted by Gasteiger charge is -2.01. The van der Waals surface area contributed by atoms with Gasteiger partial charge in [0, 0.05) is 24.4 Å². The van der Waals surface area contributed by atoms with Gasteiger partial charge in [-0.3, -0.25) is 0 Å². The van der Waals surface area contributed by atoms with E-state index in [1.807, 2.05) is 0 Å². The van der Waals surface area contributed by atoms with E-state index in [-0.39, 0.29) is 12.4 Å². The van der Waals surface area contributed by atoms with Crippen molar-refractivity contribution < 1.29 is 4.74 Å². The van der Waals surface area contributed by atoms with Crippen LogP contribution in [0.15, 0.2) is 5.38 Å². The van der Waals surface area contributed by atoms with Crippen molar-refractivity contribution in [3.8, 4) is 0 Å². The molecule has 0 spiro atoms. The number of halogens is 1. The molecule has 1 fully saturated rings.